The van der Waals surface area contributed by atoms with Gasteiger partial charge in [0.05, 0.1) is 7.13 Å². The average molecular weight is 603 g/mol. The second kappa shape index (κ2) is 8.93. The van der Waals surface area contributed by atoms with Crippen molar-refractivity contribution in [2.75, 3.05) is 0 Å². The summed E-state index contributed by atoms with van der Waals surface area (Å²) in [5, 5.41) is 12.0. The first kappa shape index (κ1) is 22.3. The third-order valence-electron chi connectivity index (χ3n) is 5.60. The second-order valence-electron chi connectivity index (χ2n) is 8.46. The molecule has 4 nitrogen and oxygen atoms in total. The number of nitrogens with zero attached hydrogens (tertiary/aromatic N) is 2. The van der Waals surface area contributed by atoms with Gasteiger partial charge in [0.25, 0.3) is 0 Å². The number of fused-ring (bicyclic) bond motifs is 3. The maximum atomic E-state index is 10.2. The maximum absolute atomic E-state index is 10.2. The Morgan fingerprint density at radius 3 is 2.53 bits per heavy atom. The molecular weight excluding hydrogens is 577 g/mol. The minimum Gasteiger partial charge on any atom is -0.512 e. The zero-order valence-electron chi connectivity index (χ0n) is 19.7. The van der Waals surface area contributed by atoms with Crippen LogP contribution in [0.4, 0.5) is 0 Å². The molecule has 0 unspecified atom stereocenters. The van der Waals surface area contributed by atoms with E-state index in [0.717, 1.165) is 22.2 Å². The van der Waals surface area contributed by atoms with Gasteiger partial charge in [-0.15, -0.1) is 12.1 Å². The fourth-order valence-electron chi connectivity index (χ4n) is 4.28. The molecule has 5 heteroatoms. The van der Waals surface area contributed by atoms with Crippen LogP contribution in [0.1, 0.15) is 45.8 Å². The molecule has 165 valence electrons. The molecule has 0 aliphatic heterocycles. The molecule has 5 rings (SSSR count). The van der Waals surface area contributed by atoms with E-state index in [9.17, 15) is 4.79 Å². The summed E-state index contributed by atoms with van der Waals surface area (Å²) in [4.78, 5) is 19.4. The van der Waals surface area contributed by atoms with Crippen LogP contribution in [0.3, 0.4) is 0 Å². The molecule has 1 radical (unpaired) electrons. The summed E-state index contributed by atoms with van der Waals surface area (Å²) in [5.74, 6) is -0.637. The van der Waals surface area contributed by atoms with Gasteiger partial charge in [-0.25, -0.2) is 0 Å². The van der Waals surface area contributed by atoms with Crippen LogP contribution in [0.2, 0.25) is 0 Å². The normalized spacial score (nSPS) is 14.3. The van der Waals surface area contributed by atoms with Crippen LogP contribution in [0, 0.1) is 13.0 Å². The summed E-state index contributed by atoms with van der Waals surface area (Å²) >= 11 is 0. The van der Waals surface area contributed by atoms with Gasteiger partial charge in [-0.3, -0.25) is 14.8 Å². The van der Waals surface area contributed by atoms with E-state index >= 15 is 0 Å². The van der Waals surface area contributed by atoms with E-state index in [1.807, 2.05) is 18.5 Å². The Kier molecular flexibility index (Phi) is 6.23. The number of carbonyl (C=O) groups excluding carboxylic acids is 1. The van der Waals surface area contributed by atoms with Crippen LogP contribution in [0.5, 0.6) is 0 Å². The number of aliphatic hydroxyl groups excluding tert-OH is 1. The van der Waals surface area contributed by atoms with Crippen molar-refractivity contribution in [2.45, 2.75) is 40.0 Å². The molecule has 32 heavy (non-hydrogen) atoms. The van der Waals surface area contributed by atoms with Crippen molar-refractivity contribution in [3.8, 4) is 11.3 Å². The Morgan fingerprint density at radius 1 is 1.12 bits per heavy atom. The van der Waals surface area contributed by atoms with Crippen molar-refractivity contribution in [2.24, 2.45) is 0 Å². The first-order valence-corrected chi connectivity index (χ1v) is 10.2. The number of benzene rings is 2. The zero-order valence-corrected chi connectivity index (χ0v) is 21.1. The van der Waals surface area contributed by atoms with Gasteiger partial charge in [0, 0.05) is 44.2 Å². The van der Waals surface area contributed by atoms with Crippen molar-refractivity contribution in [3.05, 3.63) is 83.4 Å². The van der Waals surface area contributed by atoms with Gasteiger partial charge in [0.15, 0.2) is 5.78 Å². The van der Waals surface area contributed by atoms with Crippen LogP contribution < -0.4 is 0 Å². The smallest absolute Gasteiger partial charge is 0.155 e. The van der Waals surface area contributed by atoms with E-state index in [1.165, 1.54) is 41.3 Å². The molecule has 4 aromatic rings. The monoisotopic (exact) mass is 603 g/mol. The predicted molar refractivity (Wildman–Crippen MR) is 125 cm³/mol. The number of hydrogen-bond acceptors (Lipinski definition) is 4. The summed E-state index contributed by atoms with van der Waals surface area (Å²) in [6.07, 6.45) is 3.75. The second-order valence-corrected chi connectivity index (χ2v) is 8.46. The number of carbonyl (C=O) groups is 1. The van der Waals surface area contributed by atoms with Gasteiger partial charge < -0.3 is 5.11 Å². The van der Waals surface area contributed by atoms with Gasteiger partial charge in [0.2, 0.25) is 0 Å². The van der Waals surface area contributed by atoms with Crippen molar-refractivity contribution in [3.63, 3.8) is 0 Å². The molecule has 0 atom stereocenters. The van der Waals surface area contributed by atoms with E-state index < -0.39 is 5.78 Å². The summed E-state index contributed by atoms with van der Waals surface area (Å²) in [7, 11) is 0. The number of aromatic nitrogens is 2. The van der Waals surface area contributed by atoms with Crippen molar-refractivity contribution >= 4 is 27.5 Å². The Morgan fingerprint density at radius 2 is 1.88 bits per heavy atom. The summed E-state index contributed by atoms with van der Waals surface area (Å²) in [5.41, 5.74) is 6.94. The molecule has 0 spiro atoms. The van der Waals surface area contributed by atoms with Crippen molar-refractivity contribution in [1.29, 1.82) is 0 Å². The number of hydrogen-bond donors (Lipinski definition) is 1. The zero-order chi connectivity index (χ0) is 23.2. The number of rotatable bonds is 1. The number of aryl methyl sites for hydroxylation is 1. The van der Waals surface area contributed by atoms with Gasteiger partial charge in [-0.2, -0.15) is 0 Å². The van der Waals surface area contributed by atoms with Crippen LogP contribution in [-0.4, -0.2) is 20.9 Å². The third kappa shape index (κ3) is 4.23. The predicted octanol–water partition coefficient (Wildman–Crippen LogP) is 6.23. The fourth-order valence-corrected chi connectivity index (χ4v) is 4.28. The molecule has 1 aliphatic rings. The maximum Gasteiger partial charge on any atom is 0.155 e. The number of pyridine rings is 2. The van der Waals surface area contributed by atoms with Gasteiger partial charge in [-0.05, 0) is 54.1 Å². The number of aliphatic hydroxyl groups is 1. The number of allylic oxidation sites excluding steroid dienone is 2. The van der Waals surface area contributed by atoms with E-state index in [-0.39, 0.29) is 37.3 Å². The minimum atomic E-state index is -0.412. The topological polar surface area (TPSA) is 63.1 Å². The van der Waals surface area contributed by atoms with Crippen LogP contribution in [0.15, 0.2) is 60.6 Å². The Bertz CT molecular complexity index is 1420. The molecular formula is C27H25IrN2O2-. The summed E-state index contributed by atoms with van der Waals surface area (Å²) in [6, 6.07) is 16.2. The molecule has 2 aromatic carbocycles. The van der Waals surface area contributed by atoms with E-state index in [0.29, 0.717) is 0 Å². The summed E-state index contributed by atoms with van der Waals surface area (Å²) in [6.45, 7) is 9.29. The molecule has 0 amide bonds. The van der Waals surface area contributed by atoms with Crippen LogP contribution >= 0.6 is 0 Å². The Labute approximate surface area is 203 Å². The molecule has 0 fully saturated rings. The standard InChI is InChI=1S/C22H17N2.C5H8O2.Ir/c1-13-9-15-6-8-24-21-16-11-14-5-4-7-23-19(14)12-17(16)22(2,3)18(10-13)20(15)21;1-4(6)3-5(2)7;/h4-10,12H,1-3H3;3,6H,1-2H3;/q-1;;/b;4-3-;/i;3D;. The molecule has 2 aromatic heterocycles. The van der Waals surface area contributed by atoms with Crippen molar-refractivity contribution in [1.82, 2.24) is 9.97 Å². The summed E-state index contributed by atoms with van der Waals surface area (Å²) < 4.78 is 6.76. The largest absolute Gasteiger partial charge is 0.512 e. The molecule has 0 saturated heterocycles. The van der Waals surface area contributed by atoms with E-state index in [1.54, 1.807) is 0 Å². The van der Waals surface area contributed by atoms with E-state index in [2.05, 4.69) is 62.2 Å². The quantitative estimate of drug-likeness (QED) is 0.159. The van der Waals surface area contributed by atoms with Crippen molar-refractivity contribution < 1.29 is 31.4 Å². The molecule has 1 aliphatic carbocycles. The van der Waals surface area contributed by atoms with Crippen LogP contribution in [0.25, 0.3) is 32.9 Å². The molecule has 2 heterocycles. The minimum absolute atomic E-state index is 0. The Hall–Kier alpha value is -2.88. The third-order valence-corrected chi connectivity index (χ3v) is 5.60. The SMILES string of the molecule is Cc1cc2c3c(nccc3c1)-c1[c-]c3cccnc3cc1C2(C)C.[2H]/C(C(C)=O)=C(\C)O.[Ir]. The molecule has 0 saturated carbocycles. The first-order valence-electron chi connectivity index (χ1n) is 10.7. The van der Waals surface area contributed by atoms with Gasteiger partial charge in [0.1, 0.15) is 0 Å². The van der Waals surface area contributed by atoms with Gasteiger partial charge in [-0.1, -0.05) is 60.2 Å². The molecule has 0 bridgehead atoms. The van der Waals surface area contributed by atoms with E-state index in [4.69, 9.17) is 11.5 Å². The average Bonchev–Trinajstić information content (AvgIpc) is 2.76. The number of ketones is 1. The first-order chi connectivity index (χ1) is 15.1. The fraction of sp³-hybridized carbons (Fsp3) is 0.222. The molecule has 1 N–H and O–H groups in total. The van der Waals surface area contributed by atoms with Crippen LogP contribution in [-0.2, 0) is 30.3 Å². The van der Waals surface area contributed by atoms with Gasteiger partial charge >= 0.3 is 0 Å². The Balaban J connectivity index is 0.000000297.